The topological polar surface area (TPSA) is 90.9 Å². The predicted octanol–water partition coefficient (Wildman–Crippen LogP) is 1.50. The molecule has 5 atom stereocenters. The van der Waals surface area contributed by atoms with E-state index in [9.17, 15) is 12.6 Å². The molecule has 9 heteroatoms. The Balaban J connectivity index is 1.87. The summed E-state index contributed by atoms with van der Waals surface area (Å²) >= 11 is -2.13. The second-order valence-corrected chi connectivity index (χ2v) is 8.03. The maximum absolute atomic E-state index is 11.8. The first-order valence-corrected chi connectivity index (χ1v) is 9.92. The quantitative estimate of drug-likeness (QED) is 0.719. The highest BCUT2D eigenvalue weighted by atomic mass is 32.2. The molecule has 0 amide bonds. The second kappa shape index (κ2) is 6.59. The van der Waals surface area contributed by atoms with E-state index in [1.807, 2.05) is 0 Å². The lowest BCUT2D eigenvalue weighted by Gasteiger charge is -2.41. The van der Waals surface area contributed by atoms with Gasteiger partial charge in [-0.2, -0.15) is 16.9 Å². The highest BCUT2D eigenvalue weighted by molar-refractivity contribution is 7.85. The van der Waals surface area contributed by atoms with Crippen molar-refractivity contribution in [2.24, 2.45) is 11.8 Å². The van der Waals surface area contributed by atoms with Crippen LogP contribution < -0.4 is 4.89 Å². The molecule has 1 N–H and O–H groups in total. The molecule has 0 spiro atoms. The zero-order valence-corrected chi connectivity index (χ0v) is 13.4. The van der Waals surface area contributed by atoms with Gasteiger partial charge in [-0.3, -0.25) is 8.37 Å². The van der Waals surface area contributed by atoms with Crippen LogP contribution in [0.2, 0.25) is 0 Å². The second-order valence-electron chi connectivity index (χ2n) is 5.99. The molecule has 1 saturated heterocycles. The summed E-state index contributed by atoms with van der Waals surface area (Å²) in [7, 11) is -4.07. The van der Waals surface area contributed by atoms with Crippen molar-refractivity contribution in [2.75, 3.05) is 0 Å². The normalized spacial score (nSPS) is 44.3. The molecule has 3 rings (SSSR count). The summed E-state index contributed by atoms with van der Waals surface area (Å²) in [4.78, 5) is 1.73. The lowest BCUT2D eigenvalue weighted by Crippen LogP contribution is -2.45. The van der Waals surface area contributed by atoms with Gasteiger partial charge in [0.15, 0.2) is 0 Å². The third kappa shape index (κ3) is 3.83. The van der Waals surface area contributed by atoms with Crippen LogP contribution in [-0.2, 0) is 34.3 Å². The molecule has 122 valence electrons. The van der Waals surface area contributed by atoms with Gasteiger partial charge >= 0.3 is 21.7 Å². The molecular formula is C12H21NO6S2. The van der Waals surface area contributed by atoms with E-state index < -0.39 is 21.7 Å². The Hall–Kier alpha value is -0.0600. The molecule has 0 bridgehead atoms. The van der Waals surface area contributed by atoms with Crippen LogP contribution in [0.15, 0.2) is 0 Å². The van der Waals surface area contributed by atoms with Crippen LogP contribution in [-0.4, -0.2) is 24.8 Å². The summed E-state index contributed by atoms with van der Waals surface area (Å²) in [5.74, 6) is 0.320. The number of rotatable bonds is 0. The van der Waals surface area contributed by atoms with Crippen LogP contribution >= 0.6 is 0 Å². The van der Waals surface area contributed by atoms with Crippen LogP contribution in [0.4, 0.5) is 0 Å². The number of hydrogen-bond donors (Lipinski definition) is 1. The standard InChI is InChI=1S/C12H21NO6S2/c14-20-17-11-7-3-1-5-9(11)10-6-2-4-8-12(10)18-21(15,16)13-19-20/h9-13H,1-8H2. The molecule has 1 aliphatic heterocycles. The Labute approximate surface area is 127 Å². The fourth-order valence-corrected chi connectivity index (χ4v) is 5.48. The molecule has 0 aromatic carbocycles. The zero-order chi connectivity index (χ0) is 14.9. The number of nitrogens with one attached hydrogen (secondary N) is 1. The molecule has 0 aromatic rings. The molecule has 5 unspecified atom stereocenters. The Morgan fingerprint density at radius 3 is 2.19 bits per heavy atom. The monoisotopic (exact) mass is 339 g/mol. The maximum Gasteiger partial charge on any atom is 0.359 e. The van der Waals surface area contributed by atoms with E-state index in [0.717, 1.165) is 51.4 Å². The minimum atomic E-state index is -4.07. The van der Waals surface area contributed by atoms with Crippen molar-refractivity contribution in [3.8, 4) is 0 Å². The van der Waals surface area contributed by atoms with Crippen molar-refractivity contribution in [3.63, 3.8) is 0 Å². The van der Waals surface area contributed by atoms with Crippen LogP contribution in [0, 0.1) is 11.8 Å². The van der Waals surface area contributed by atoms with Gasteiger partial charge in [0.2, 0.25) is 0 Å². The summed E-state index contributed by atoms with van der Waals surface area (Å²) in [5, 5.41) is 0. The molecule has 21 heavy (non-hydrogen) atoms. The fraction of sp³-hybridized carbons (Fsp3) is 1.00. The molecule has 3 aliphatic rings. The van der Waals surface area contributed by atoms with Crippen LogP contribution in [0.25, 0.3) is 0 Å². The molecule has 7 nitrogen and oxygen atoms in total. The first kappa shape index (κ1) is 15.8. The SMILES string of the molecule is O=S1ONS(=O)(=O)OC2CCCCC2C2CCCCC2O1. The van der Waals surface area contributed by atoms with Gasteiger partial charge in [0, 0.05) is 0 Å². The fourth-order valence-electron chi connectivity index (χ4n) is 3.84. The molecule has 0 aromatic heterocycles. The summed E-state index contributed by atoms with van der Waals surface area (Å²) in [5.41, 5.74) is 0. The Bertz CT molecular complexity index is 496. The zero-order valence-electron chi connectivity index (χ0n) is 11.7. The van der Waals surface area contributed by atoms with E-state index in [1.165, 1.54) is 0 Å². The van der Waals surface area contributed by atoms with E-state index in [0.29, 0.717) is 0 Å². The van der Waals surface area contributed by atoms with Crippen LogP contribution in [0.1, 0.15) is 51.4 Å². The lowest BCUT2D eigenvalue weighted by molar-refractivity contribution is -0.0193. The third-order valence-electron chi connectivity index (χ3n) is 4.71. The van der Waals surface area contributed by atoms with Gasteiger partial charge < -0.3 is 0 Å². The van der Waals surface area contributed by atoms with E-state index in [-0.39, 0.29) is 24.0 Å². The van der Waals surface area contributed by atoms with Gasteiger partial charge in [-0.15, -0.1) is 0 Å². The van der Waals surface area contributed by atoms with Crippen molar-refractivity contribution in [1.29, 1.82) is 0 Å². The van der Waals surface area contributed by atoms with Gasteiger partial charge in [-0.25, -0.2) is 0 Å². The Morgan fingerprint density at radius 2 is 1.48 bits per heavy atom. The third-order valence-corrected chi connectivity index (χ3v) is 6.23. The average Bonchev–Trinajstić information content (AvgIpc) is 2.46. The first-order valence-electron chi connectivity index (χ1n) is 7.51. The minimum Gasteiger partial charge on any atom is -0.264 e. The number of fused-ring (bicyclic) bond motifs is 3. The highest BCUT2D eigenvalue weighted by Gasteiger charge is 2.42. The maximum atomic E-state index is 11.8. The largest absolute Gasteiger partial charge is 0.359 e. The van der Waals surface area contributed by atoms with Crippen molar-refractivity contribution in [3.05, 3.63) is 0 Å². The van der Waals surface area contributed by atoms with Gasteiger partial charge in [-0.05, 0) is 37.5 Å². The summed E-state index contributed by atoms with van der Waals surface area (Å²) in [6, 6.07) is 0. The smallest absolute Gasteiger partial charge is 0.264 e. The summed E-state index contributed by atoms with van der Waals surface area (Å²) in [6.07, 6.45) is 7.08. The van der Waals surface area contributed by atoms with Gasteiger partial charge in [0.25, 0.3) is 0 Å². The number of hydrogen-bond acceptors (Lipinski definition) is 6. The van der Waals surface area contributed by atoms with Gasteiger partial charge in [-0.1, -0.05) is 30.6 Å². The first-order chi connectivity index (χ1) is 10.1. The van der Waals surface area contributed by atoms with Gasteiger partial charge in [0.1, 0.15) is 0 Å². The molecule has 1 heterocycles. The molecular weight excluding hydrogens is 318 g/mol. The summed E-state index contributed by atoms with van der Waals surface area (Å²) in [6.45, 7) is 0. The molecule has 2 aliphatic carbocycles. The van der Waals surface area contributed by atoms with E-state index >= 15 is 0 Å². The predicted molar refractivity (Wildman–Crippen MR) is 74.9 cm³/mol. The van der Waals surface area contributed by atoms with Crippen LogP contribution in [0.3, 0.4) is 0 Å². The lowest BCUT2D eigenvalue weighted by atomic mass is 9.70. The van der Waals surface area contributed by atoms with E-state index in [4.69, 9.17) is 8.37 Å². The highest BCUT2D eigenvalue weighted by Crippen LogP contribution is 2.41. The van der Waals surface area contributed by atoms with Crippen molar-refractivity contribution in [2.45, 2.75) is 63.6 Å². The van der Waals surface area contributed by atoms with E-state index in [2.05, 4.69) is 4.28 Å². The Kier molecular flexibility index (Phi) is 4.97. The molecule has 0 radical (unpaired) electrons. The van der Waals surface area contributed by atoms with Crippen LogP contribution in [0.5, 0.6) is 0 Å². The molecule has 3 fully saturated rings. The van der Waals surface area contributed by atoms with E-state index in [1.54, 1.807) is 4.89 Å². The van der Waals surface area contributed by atoms with Crippen molar-refractivity contribution in [1.82, 2.24) is 4.89 Å². The van der Waals surface area contributed by atoms with Gasteiger partial charge in [0.05, 0.1) is 12.2 Å². The molecule has 2 saturated carbocycles. The minimum absolute atomic E-state index is 0.135. The Morgan fingerprint density at radius 1 is 0.905 bits per heavy atom. The average molecular weight is 339 g/mol. The van der Waals surface area contributed by atoms with Crippen molar-refractivity contribution < 1.29 is 25.3 Å². The summed E-state index contributed by atoms with van der Waals surface area (Å²) < 4.78 is 50.5. The van der Waals surface area contributed by atoms with Crippen molar-refractivity contribution >= 4 is 21.7 Å².